The summed E-state index contributed by atoms with van der Waals surface area (Å²) in [7, 11) is 0. The number of carbonyl (C=O) groups is 2. The fraction of sp³-hybridized carbons (Fsp3) is 0.429. The first-order chi connectivity index (χ1) is 9.56. The summed E-state index contributed by atoms with van der Waals surface area (Å²) >= 11 is 0. The van der Waals surface area contributed by atoms with E-state index in [1.807, 2.05) is 0 Å². The Bertz CT molecular complexity index is 513. The molecule has 1 aromatic rings. The Morgan fingerprint density at radius 1 is 1.30 bits per heavy atom. The normalized spacial score (nSPS) is 18.4. The monoisotopic (exact) mass is 279 g/mol. The minimum atomic E-state index is -0.525. The van der Waals surface area contributed by atoms with Crippen LogP contribution >= 0.6 is 0 Å². The highest BCUT2D eigenvalue weighted by Gasteiger charge is 2.21. The molecule has 0 radical (unpaired) electrons. The number of nitrogens with one attached hydrogen (secondary N) is 3. The molecule has 2 amide bonds. The molecule has 1 aliphatic rings. The van der Waals surface area contributed by atoms with Crippen LogP contribution in [-0.4, -0.2) is 24.4 Å². The summed E-state index contributed by atoms with van der Waals surface area (Å²) in [5.41, 5.74) is 0.527. The van der Waals surface area contributed by atoms with E-state index < -0.39 is 5.82 Å². The Morgan fingerprint density at radius 2 is 2.10 bits per heavy atom. The van der Waals surface area contributed by atoms with Crippen LogP contribution in [0.2, 0.25) is 0 Å². The summed E-state index contributed by atoms with van der Waals surface area (Å²) in [4.78, 5) is 23.0. The number of carbonyl (C=O) groups excluding carboxylic acids is 2. The molecule has 1 heterocycles. The second-order valence-corrected chi connectivity index (χ2v) is 4.87. The average molecular weight is 279 g/mol. The Hall–Kier alpha value is -1.95. The predicted octanol–water partition coefficient (Wildman–Crippen LogP) is 1.86. The third kappa shape index (κ3) is 3.77. The number of hydrogen-bond donors (Lipinski definition) is 3. The zero-order valence-electron chi connectivity index (χ0n) is 11.3. The lowest BCUT2D eigenvalue weighted by molar-refractivity contribution is -0.118. The molecule has 1 saturated heterocycles. The molecule has 0 aliphatic carbocycles. The number of hydrogen-bond acceptors (Lipinski definition) is 3. The molecule has 1 aromatic carbocycles. The molecule has 6 heteroatoms. The molecule has 0 saturated carbocycles. The molecule has 20 heavy (non-hydrogen) atoms. The molecule has 1 fully saturated rings. The van der Waals surface area contributed by atoms with Crippen molar-refractivity contribution >= 4 is 23.2 Å². The fourth-order valence-electron chi connectivity index (χ4n) is 2.20. The van der Waals surface area contributed by atoms with Crippen molar-refractivity contribution in [2.45, 2.75) is 32.2 Å². The molecular weight excluding hydrogens is 261 g/mol. The lowest BCUT2D eigenvalue weighted by atomic mass is 10.0. The third-order valence-electron chi connectivity index (χ3n) is 3.17. The molecule has 0 spiro atoms. The standard InChI is InChI=1S/C14H18FN3O2/c1-9(19)17-10-5-6-11(15)13(8-10)18-14(20)12-4-2-3-7-16-12/h5-6,8,12,16H,2-4,7H2,1H3,(H,17,19)(H,18,20)/t12-/m1/s1. The second-order valence-electron chi connectivity index (χ2n) is 4.87. The van der Waals surface area contributed by atoms with Crippen LogP contribution in [0.3, 0.4) is 0 Å². The molecule has 5 nitrogen and oxygen atoms in total. The summed E-state index contributed by atoms with van der Waals surface area (Å²) in [6.45, 7) is 2.17. The summed E-state index contributed by atoms with van der Waals surface area (Å²) < 4.78 is 13.7. The quantitative estimate of drug-likeness (QED) is 0.791. The van der Waals surface area contributed by atoms with Gasteiger partial charge >= 0.3 is 0 Å². The molecule has 0 unspecified atom stereocenters. The predicted molar refractivity (Wildman–Crippen MR) is 75.0 cm³/mol. The van der Waals surface area contributed by atoms with Gasteiger partial charge in [0.2, 0.25) is 11.8 Å². The van der Waals surface area contributed by atoms with E-state index in [0.29, 0.717) is 5.69 Å². The van der Waals surface area contributed by atoms with E-state index in [1.54, 1.807) is 0 Å². The Kier molecular flexibility index (Phi) is 4.68. The Morgan fingerprint density at radius 3 is 2.75 bits per heavy atom. The molecule has 3 N–H and O–H groups in total. The van der Waals surface area contributed by atoms with Gasteiger partial charge in [-0.1, -0.05) is 6.42 Å². The van der Waals surface area contributed by atoms with Gasteiger partial charge in [-0.15, -0.1) is 0 Å². The lowest BCUT2D eigenvalue weighted by Crippen LogP contribution is -2.43. The van der Waals surface area contributed by atoms with Gasteiger partial charge in [0, 0.05) is 12.6 Å². The zero-order chi connectivity index (χ0) is 14.5. The van der Waals surface area contributed by atoms with Crippen LogP contribution in [0.15, 0.2) is 18.2 Å². The zero-order valence-corrected chi connectivity index (χ0v) is 11.3. The van der Waals surface area contributed by atoms with Crippen LogP contribution in [0.25, 0.3) is 0 Å². The van der Waals surface area contributed by atoms with Crippen molar-refractivity contribution in [3.8, 4) is 0 Å². The maximum Gasteiger partial charge on any atom is 0.241 e. The number of piperidine rings is 1. The molecule has 1 atom stereocenters. The van der Waals surface area contributed by atoms with Crippen molar-refractivity contribution in [1.29, 1.82) is 0 Å². The number of rotatable bonds is 3. The first-order valence-electron chi connectivity index (χ1n) is 6.67. The van der Waals surface area contributed by atoms with E-state index in [2.05, 4.69) is 16.0 Å². The first kappa shape index (κ1) is 14.5. The van der Waals surface area contributed by atoms with Gasteiger partial charge in [-0.05, 0) is 37.6 Å². The van der Waals surface area contributed by atoms with Crippen LogP contribution in [0.4, 0.5) is 15.8 Å². The smallest absolute Gasteiger partial charge is 0.241 e. The second kappa shape index (κ2) is 6.47. The number of amides is 2. The Labute approximate surface area is 116 Å². The average Bonchev–Trinajstić information content (AvgIpc) is 2.43. The van der Waals surface area contributed by atoms with Crippen LogP contribution in [0, 0.1) is 5.82 Å². The largest absolute Gasteiger partial charge is 0.326 e. The van der Waals surface area contributed by atoms with E-state index in [9.17, 15) is 14.0 Å². The van der Waals surface area contributed by atoms with Crippen molar-refractivity contribution in [3.05, 3.63) is 24.0 Å². The van der Waals surface area contributed by atoms with E-state index in [4.69, 9.17) is 0 Å². The van der Waals surface area contributed by atoms with E-state index in [0.717, 1.165) is 25.8 Å². The number of anilines is 2. The topological polar surface area (TPSA) is 70.2 Å². The SMILES string of the molecule is CC(=O)Nc1ccc(F)c(NC(=O)[C@H]2CCCCN2)c1. The van der Waals surface area contributed by atoms with Gasteiger partial charge in [-0.25, -0.2) is 4.39 Å². The minimum Gasteiger partial charge on any atom is -0.326 e. The van der Waals surface area contributed by atoms with Crippen LogP contribution < -0.4 is 16.0 Å². The van der Waals surface area contributed by atoms with Gasteiger partial charge in [0.25, 0.3) is 0 Å². The van der Waals surface area contributed by atoms with Gasteiger partial charge in [0.05, 0.1) is 11.7 Å². The maximum absolute atomic E-state index is 13.7. The molecule has 0 aromatic heterocycles. The van der Waals surface area contributed by atoms with Gasteiger partial charge in [0.1, 0.15) is 5.82 Å². The first-order valence-corrected chi connectivity index (χ1v) is 6.67. The summed E-state index contributed by atoms with van der Waals surface area (Å²) in [6, 6.07) is 3.80. The van der Waals surface area contributed by atoms with E-state index >= 15 is 0 Å². The van der Waals surface area contributed by atoms with Crippen molar-refractivity contribution in [3.63, 3.8) is 0 Å². The molecule has 1 aliphatic heterocycles. The maximum atomic E-state index is 13.7. The summed E-state index contributed by atoms with van der Waals surface area (Å²) in [6.07, 6.45) is 2.79. The summed E-state index contributed by atoms with van der Waals surface area (Å²) in [5, 5.41) is 8.22. The van der Waals surface area contributed by atoms with E-state index in [1.165, 1.54) is 25.1 Å². The highest BCUT2D eigenvalue weighted by atomic mass is 19.1. The highest BCUT2D eigenvalue weighted by Crippen LogP contribution is 2.20. The highest BCUT2D eigenvalue weighted by molar-refractivity contribution is 5.96. The lowest BCUT2D eigenvalue weighted by Gasteiger charge is -2.22. The van der Waals surface area contributed by atoms with Gasteiger partial charge in [-0.2, -0.15) is 0 Å². The van der Waals surface area contributed by atoms with Crippen molar-refractivity contribution in [1.82, 2.24) is 5.32 Å². The van der Waals surface area contributed by atoms with Crippen LogP contribution in [0.5, 0.6) is 0 Å². The van der Waals surface area contributed by atoms with Gasteiger partial charge < -0.3 is 16.0 Å². The Balaban J connectivity index is 2.07. The number of benzene rings is 1. The number of halogens is 1. The van der Waals surface area contributed by atoms with Crippen molar-refractivity contribution in [2.24, 2.45) is 0 Å². The molecule has 2 rings (SSSR count). The minimum absolute atomic E-state index is 0.0774. The van der Waals surface area contributed by atoms with E-state index in [-0.39, 0.29) is 23.5 Å². The van der Waals surface area contributed by atoms with Gasteiger partial charge in [0.15, 0.2) is 0 Å². The van der Waals surface area contributed by atoms with Crippen LogP contribution in [0.1, 0.15) is 26.2 Å². The van der Waals surface area contributed by atoms with Crippen molar-refractivity contribution < 1.29 is 14.0 Å². The fourth-order valence-corrected chi connectivity index (χ4v) is 2.20. The molecule has 0 bridgehead atoms. The molecular formula is C14H18FN3O2. The van der Waals surface area contributed by atoms with Crippen LogP contribution in [-0.2, 0) is 9.59 Å². The summed E-state index contributed by atoms with van der Waals surface area (Å²) in [5.74, 6) is -1.02. The van der Waals surface area contributed by atoms with Crippen molar-refractivity contribution in [2.75, 3.05) is 17.2 Å². The van der Waals surface area contributed by atoms with Gasteiger partial charge in [-0.3, -0.25) is 9.59 Å². The molecule has 108 valence electrons. The third-order valence-corrected chi connectivity index (χ3v) is 3.17.